The molecule has 1 aromatic carbocycles. The van der Waals surface area contributed by atoms with Crippen molar-refractivity contribution in [1.29, 1.82) is 5.26 Å². The summed E-state index contributed by atoms with van der Waals surface area (Å²) in [5.74, 6) is -0.114. The Kier molecular flexibility index (Phi) is 5.58. The topological polar surface area (TPSA) is 99.4 Å². The highest BCUT2D eigenvalue weighted by molar-refractivity contribution is 7.90. The van der Waals surface area contributed by atoms with Gasteiger partial charge in [0.05, 0.1) is 16.7 Å². The molecule has 3 aliphatic carbocycles. The van der Waals surface area contributed by atoms with Gasteiger partial charge >= 0.3 is 0 Å². The van der Waals surface area contributed by atoms with Crippen molar-refractivity contribution in [3.8, 4) is 11.8 Å². The average Bonchev–Trinajstić information content (AvgIpc) is 3.57. The number of rotatable bonds is 8. The van der Waals surface area contributed by atoms with Gasteiger partial charge in [-0.3, -0.25) is 0 Å². The Labute approximate surface area is 171 Å². The van der Waals surface area contributed by atoms with Crippen molar-refractivity contribution in [2.24, 2.45) is 5.41 Å². The number of aliphatic hydroxyl groups is 1. The van der Waals surface area contributed by atoms with E-state index < -0.39 is 32.7 Å². The maximum atomic E-state index is 14.8. The summed E-state index contributed by atoms with van der Waals surface area (Å²) in [5.41, 5.74) is 0.152. The number of nitrogens with one attached hydrogen (secondary N) is 1. The van der Waals surface area contributed by atoms with E-state index in [2.05, 4.69) is 10.8 Å². The zero-order valence-electron chi connectivity index (χ0n) is 16.4. The molecular weight excluding hydrogens is 395 g/mol. The second-order valence-electron chi connectivity index (χ2n) is 8.69. The van der Waals surface area contributed by atoms with Gasteiger partial charge in [-0.15, -0.1) is 0 Å². The van der Waals surface area contributed by atoms with Crippen molar-refractivity contribution < 1.29 is 22.7 Å². The lowest BCUT2D eigenvalue weighted by molar-refractivity contribution is 0.147. The van der Waals surface area contributed by atoms with Crippen molar-refractivity contribution >= 4 is 10.0 Å². The maximum Gasteiger partial charge on any atom is 0.216 e. The summed E-state index contributed by atoms with van der Waals surface area (Å²) in [6, 6.07) is 5.15. The van der Waals surface area contributed by atoms with E-state index >= 15 is 0 Å². The fourth-order valence-corrected chi connectivity index (χ4v) is 5.45. The van der Waals surface area contributed by atoms with Crippen LogP contribution in [0.2, 0.25) is 0 Å². The number of benzene rings is 1. The van der Waals surface area contributed by atoms with E-state index in [9.17, 15) is 23.2 Å². The molecule has 0 radical (unpaired) electrons. The van der Waals surface area contributed by atoms with Gasteiger partial charge in [-0.25, -0.2) is 12.8 Å². The first-order chi connectivity index (χ1) is 13.8. The zero-order valence-corrected chi connectivity index (χ0v) is 17.2. The third-order valence-electron chi connectivity index (χ3n) is 6.23. The molecule has 2 N–H and O–H groups in total. The zero-order chi connectivity index (χ0) is 20.6. The number of aliphatic hydroxyl groups excluding tert-OH is 1. The predicted molar refractivity (Wildman–Crippen MR) is 105 cm³/mol. The monoisotopic (exact) mass is 422 g/mol. The number of sulfonamides is 1. The molecule has 0 heterocycles. The molecule has 8 heteroatoms. The number of hydrogen-bond donors (Lipinski definition) is 2. The van der Waals surface area contributed by atoms with Gasteiger partial charge < -0.3 is 9.84 Å². The molecule has 1 unspecified atom stereocenters. The van der Waals surface area contributed by atoms with Crippen LogP contribution in [0, 0.1) is 22.6 Å². The van der Waals surface area contributed by atoms with E-state index in [1.54, 1.807) is 0 Å². The van der Waals surface area contributed by atoms with Gasteiger partial charge in [-0.1, -0.05) is 19.3 Å². The van der Waals surface area contributed by atoms with Crippen molar-refractivity contribution in [1.82, 2.24) is 4.72 Å². The number of halogens is 1. The van der Waals surface area contributed by atoms with Crippen molar-refractivity contribution in [2.45, 2.75) is 75.2 Å². The Hall–Kier alpha value is -1.69. The molecule has 0 bridgehead atoms. The van der Waals surface area contributed by atoms with Crippen LogP contribution in [-0.4, -0.2) is 25.4 Å². The number of nitrogens with zero attached hydrogens (tertiary/aromatic N) is 1. The van der Waals surface area contributed by atoms with Crippen LogP contribution in [0.15, 0.2) is 12.1 Å². The molecule has 0 aromatic heterocycles. The van der Waals surface area contributed by atoms with Gasteiger partial charge in [0.15, 0.2) is 0 Å². The first kappa shape index (κ1) is 20.6. The molecule has 3 aliphatic rings. The van der Waals surface area contributed by atoms with Crippen molar-refractivity contribution in [3.63, 3.8) is 0 Å². The molecule has 3 saturated carbocycles. The van der Waals surface area contributed by atoms with Crippen LogP contribution in [0.25, 0.3) is 0 Å². The second-order valence-corrected chi connectivity index (χ2v) is 10.7. The summed E-state index contributed by atoms with van der Waals surface area (Å²) < 4.78 is 47.1. The number of nitriles is 1. The van der Waals surface area contributed by atoms with Gasteiger partial charge in [-0.05, 0) is 56.1 Å². The summed E-state index contributed by atoms with van der Waals surface area (Å²) >= 11 is 0. The average molecular weight is 423 g/mol. The maximum absolute atomic E-state index is 14.8. The smallest absolute Gasteiger partial charge is 0.216 e. The van der Waals surface area contributed by atoms with E-state index in [-0.39, 0.29) is 18.1 Å². The highest BCUT2D eigenvalue weighted by Gasteiger charge is 2.38. The molecule has 4 rings (SSSR count). The van der Waals surface area contributed by atoms with Gasteiger partial charge in [0.2, 0.25) is 10.0 Å². The Balaban J connectivity index is 1.54. The summed E-state index contributed by atoms with van der Waals surface area (Å²) in [6.07, 6.45) is 6.04. The fraction of sp³-hybridized carbons (Fsp3) is 0.667. The molecule has 0 amide bonds. The Bertz CT molecular complexity index is 913. The predicted octanol–water partition coefficient (Wildman–Crippen LogP) is 3.63. The number of hydrogen-bond acceptors (Lipinski definition) is 5. The highest BCUT2D eigenvalue weighted by Crippen LogP contribution is 2.46. The minimum atomic E-state index is -3.65. The molecule has 0 saturated heterocycles. The SMILES string of the molecule is N#CC1(COc2cc(F)c(C(O)NS(=O)(=O)C3CC3)cc2C2CC2)CCCCC1. The van der Waals surface area contributed by atoms with Crippen LogP contribution in [0.5, 0.6) is 5.75 Å². The highest BCUT2D eigenvalue weighted by atomic mass is 32.2. The summed E-state index contributed by atoms with van der Waals surface area (Å²) in [6.45, 7) is 0.221. The third-order valence-corrected chi connectivity index (χ3v) is 8.13. The summed E-state index contributed by atoms with van der Waals surface area (Å²) in [5, 5.41) is 19.5. The van der Waals surface area contributed by atoms with E-state index in [0.29, 0.717) is 18.6 Å². The molecule has 6 nitrogen and oxygen atoms in total. The Morgan fingerprint density at radius 1 is 1.24 bits per heavy atom. The molecule has 158 valence electrons. The second kappa shape index (κ2) is 7.86. The number of ether oxygens (including phenoxy) is 1. The summed E-state index contributed by atoms with van der Waals surface area (Å²) in [4.78, 5) is 0. The lowest BCUT2D eigenvalue weighted by atomic mass is 9.76. The standard InChI is InChI=1S/C21H27FN2O4S/c22-18-11-19(28-13-21(12-23)8-2-1-3-9-21)16(14-4-5-14)10-17(18)20(25)24-29(26,27)15-6-7-15/h10-11,14-15,20,24-25H,1-9,13H2. The third kappa shape index (κ3) is 4.57. The molecule has 0 aliphatic heterocycles. The lowest BCUT2D eigenvalue weighted by Crippen LogP contribution is -2.32. The van der Waals surface area contributed by atoms with E-state index in [0.717, 1.165) is 50.5 Å². The van der Waals surface area contributed by atoms with Crippen LogP contribution >= 0.6 is 0 Å². The van der Waals surface area contributed by atoms with E-state index in [1.807, 2.05) is 0 Å². The molecule has 1 aromatic rings. The van der Waals surface area contributed by atoms with E-state index in [4.69, 9.17) is 4.74 Å². The first-order valence-electron chi connectivity index (χ1n) is 10.4. The molecule has 0 spiro atoms. The van der Waals surface area contributed by atoms with Crippen LogP contribution in [0.4, 0.5) is 4.39 Å². The van der Waals surface area contributed by atoms with Gasteiger partial charge in [0, 0.05) is 11.6 Å². The Morgan fingerprint density at radius 3 is 2.52 bits per heavy atom. The lowest BCUT2D eigenvalue weighted by Gasteiger charge is -2.30. The first-order valence-corrected chi connectivity index (χ1v) is 11.9. The van der Waals surface area contributed by atoms with Crippen LogP contribution < -0.4 is 9.46 Å². The van der Waals surface area contributed by atoms with E-state index in [1.165, 1.54) is 12.1 Å². The molecule has 1 atom stereocenters. The summed E-state index contributed by atoms with van der Waals surface area (Å²) in [7, 11) is -3.65. The van der Waals surface area contributed by atoms with Crippen LogP contribution in [0.1, 0.15) is 81.1 Å². The fourth-order valence-electron chi connectivity index (χ4n) is 4.06. The normalized spacial score (nSPS) is 22.7. The van der Waals surface area contributed by atoms with Crippen molar-refractivity contribution in [2.75, 3.05) is 6.61 Å². The Morgan fingerprint density at radius 2 is 1.93 bits per heavy atom. The largest absolute Gasteiger partial charge is 0.492 e. The van der Waals surface area contributed by atoms with Crippen molar-refractivity contribution in [3.05, 3.63) is 29.1 Å². The minimum Gasteiger partial charge on any atom is -0.492 e. The molecular formula is C21H27FN2O4S. The quantitative estimate of drug-likeness (QED) is 0.623. The van der Waals surface area contributed by atoms with Gasteiger partial charge in [0.1, 0.15) is 24.4 Å². The van der Waals surface area contributed by atoms with Crippen LogP contribution in [0.3, 0.4) is 0 Å². The van der Waals surface area contributed by atoms with Crippen LogP contribution in [-0.2, 0) is 10.0 Å². The minimum absolute atomic E-state index is 0.0869. The van der Waals surface area contributed by atoms with Gasteiger partial charge in [-0.2, -0.15) is 9.98 Å². The molecule has 3 fully saturated rings. The molecule has 29 heavy (non-hydrogen) atoms. The van der Waals surface area contributed by atoms with Gasteiger partial charge in [0.25, 0.3) is 0 Å².